The maximum Gasteiger partial charge on any atom is 0.345 e. The van der Waals surface area contributed by atoms with Crippen molar-refractivity contribution in [3.05, 3.63) is 65.0 Å². The van der Waals surface area contributed by atoms with Crippen molar-refractivity contribution in [1.29, 1.82) is 0 Å². The van der Waals surface area contributed by atoms with Gasteiger partial charge in [0.05, 0.1) is 6.61 Å². The van der Waals surface area contributed by atoms with Gasteiger partial charge >= 0.3 is 5.97 Å². The number of benzene rings is 2. The molecule has 0 saturated heterocycles. The van der Waals surface area contributed by atoms with Crippen molar-refractivity contribution in [2.75, 3.05) is 6.61 Å². The Labute approximate surface area is 132 Å². The SMILES string of the molecule is O=C(O)c1cc2cc(CCCOc3ccccc3)ccc2s1. The Kier molecular flexibility index (Phi) is 4.39. The number of aryl methyl sites for hydroxylation is 1. The molecule has 112 valence electrons. The molecule has 3 nitrogen and oxygen atoms in total. The summed E-state index contributed by atoms with van der Waals surface area (Å²) in [5, 5.41) is 10.0. The second-order valence-electron chi connectivity index (χ2n) is 5.05. The maximum atomic E-state index is 11.0. The van der Waals surface area contributed by atoms with E-state index in [1.807, 2.05) is 36.4 Å². The van der Waals surface area contributed by atoms with Gasteiger partial charge in [0.15, 0.2) is 0 Å². The largest absolute Gasteiger partial charge is 0.494 e. The van der Waals surface area contributed by atoms with E-state index in [-0.39, 0.29) is 0 Å². The van der Waals surface area contributed by atoms with Crippen molar-refractivity contribution >= 4 is 27.4 Å². The number of hydrogen-bond acceptors (Lipinski definition) is 3. The lowest BCUT2D eigenvalue weighted by Crippen LogP contribution is -1.99. The minimum Gasteiger partial charge on any atom is -0.494 e. The van der Waals surface area contributed by atoms with Crippen LogP contribution < -0.4 is 4.74 Å². The third kappa shape index (κ3) is 3.46. The molecule has 22 heavy (non-hydrogen) atoms. The van der Waals surface area contributed by atoms with Crippen LogP contribution in [0, 0.1) is 0 Å². The summed E-state index contributed by atoms with van der Waals surface area (Å²) in [4.78, 5) is 11.4. The average molecular weight is 312 g/mol. The van der Waals surface area contributed by atoms with Gasteiger partial charge in [-0.05, 0) is 48.1 Å². The summed E-state index contributed by atoms with van der Waals surface area (Å²) in [6.45, 7) is 0.673. The summed E-state index contributed by atoms with van der Waals surface area (Å²) in [6, 6.07) is 17.7. The second-order valence-corrected chi connectivity index (χ2v) is 6.14. The standard InChI is InChI=1S/C18H16O3S/c19-18(20)17-12-14-11-13(8-9-16(14)22-17)5-4-10-21-15-6-2-1-3-7-15/h1-3,6-9,11-12H,4-5,10H2,(H,19,20). The van der Waals surface area contributed by atoms with Gasteiger partial charge < -0.3 is 9.84 Å². The van der Waals surface area contributed by atoms with Crippen molar-refractivity contribution in [2.24, 2.45) is 0 Å². The predicted octanol–water partition coefficient (Wildman–Crippen LogP) is 4.61. The number of carboxylic acid groups (broad SMARTS) is 1. The molecule has 0 bridgehead atoms. The maximum absolute atomic E-state index is 11.0. The van der Waals surface area contributed by atoms with Crippen molar-refractivity contribution < 1.29 is 14.6 Å². The number of rotatable bonds is 6. The van der Waals surface area contributed by atoms with Crippen molar-refractivity contribution in [2.45, 2.75) is 12.8 Å². The molecule has 0 radical (unpaired) electrons. The highest BCUT2D eigenvalue weighted by atomic mass is 32.1. The first-order chi connectivity index (χ1) is 10.7. The first-order valence-electron chi connectivity index (χ1n) is 7.16. The van der Waals surface area contributed by atoms with E-state index in [2.05, 4.69) is 12.1 Å². The number of fused-ring (bicyclic) bond motifs is 1. The van der Waals surface area contributed by atoms with Crippen LogP contribution in [0.3, 0.4) is 0 Å². The highest BCUT2D eigenvalue weighted by molar-refractivity contribution is 7.20. The zero-order valence-corrected chi connectivity index (χ0v) is 12.8. The van der Waals surface area contributed by atoms with Crippen LogP contribution in [0.1, 0.15) is 21.7 Å². The van der Waals surface area contributed by atoms with Crippen LogP contribution in [0.5, 0.6) is 5.75 Å². The summed E-state index contributed by atoms with van der Waals surface area (Å²) in [5.41, 5.74) is 1.21. The summed E-state index contributed by atoms with van der Waals surface area (Å²) in [6.07, 6.45) is 1.84. The summed E-state index contributed by atoms with van der Waals surface area (Å²) in [5.74, 6) is 0.0286. The quantitative estimate of drug-likeness (QED) is 0.676. The molecule has 0 fully saturated rings. The number of para-hydroxylation sites is 1. The molecule has 0 aliphatic heterocycles. The molecule has 0 saturated carbocycles. The van der Waals surface area contributed by atoms with E-state index in [0.29, 0.717) is 11.5 Å². The van der Waals surface area contributed by atoms with Crippen LogP contribution in [0.15, 0.2) is 54.6 Å². The minimum absolute atomic E-state index is 0.388. The van der Waals surface area contributed by atoms with E-state index in [0.717, 1.165) is 28.7 Å². The highest BCUT2D eigenvalue weighted by Crippen LogP contribution is 2.27. The number of ether oxygens (including phenoxy) is 1. The molecule has 1 aromatic heterocycles. The molecule has 0 spiro atoms. The molecule has 1 heterocycles. The fourth-order valence-electron chi connectivity index (χ4n) is 2.34. The Balaban J connectivity index is 1.58. The van der Waals surface area contributed by atoms with Gasteiger partial charge in [0, 0.05) is 4.70 Å². The number of carbonyl (C=O) groups is 1. The van der Waals surface area contributed by atoms with Gasteiger partial charge in [-0.1, -0.05) is 30.3 Å². The zero-order chi connectivity index (χ0) is 15.4. The number of carboxylic acids is 1. The molecule has 0 aliphatic rings. The molecule has 0 unspecified atom stereocenters. The second kappa shape index (κ2) is 6.62. The topological polar surface area (TPSA) is 46.5 Å². The number of thiophene rings is 1. The Morgan fingerprint density at radius 1 is 1.09 bits per heavy atom. The molecule has 0 aliphatic carbocycles. The lowest BCUT2D eigenvalue weighted by Gasteiger charge is -2.06. The normalized spacial score (nSPS) is 10.7. The van der Waals surface area contributed by atoms with E-state index in [1.165, 1.54) is 16.9 Å². The lowest BCUT2D eigenvalue weighted by atomic mass is 10.1. The third-order valence-corrected chi connectivity index (χ3v) is 4.52. The van der Waals surface area contributed by atoms with E-state index < -0.39 is 5.97 Å². The lowest BCUT2D eigenvalue weighted by molar-refractivity contribution is 0.0702. The molecule has 1 N–H and O–H groups in total. The molecule has 4 heteroatoms. The van der Waals surface area contributed by atoms with Crippen LogP contribution in [-0.2, 0) is 6.42 Å². The monoisotopic (exact) mass is 312 g/mol. The Hall–Kier alpha value is -2.33. The fraction of sp³-hybridized carbons (Fsp3) is 0.167. The highest BCUT2D eigenvalue weighted by Gasteiger charge is 2.08. The van der Waals surface area contributed by atoms with Gasteiger partial charge in [0.25, 0.3) is 0 Å². The van der Waals surface area contributed by atoms with E-state index in [1.54, 1.807) is 6.07 Å². The Morgan fingerprint density at radius 2 is 1.91 bits per heavy atom. The minimum atomic E-state index is -0.862. The van der Waals surface area contributed by atoms with Crippen LogP contribution in [0.4, 0.5) is 0 Å². The van der Waals surface area contributed by atoms with Gasteiger partial charge in [-0.15, -0.1) is 11.3 Å². The molecule has 0 amide bonds. The van der Waals surface area contributed by atoms with Crippen LogP contribution in [-0.4, -0.2) is 17.7 Å². The van der Waals surface area contributed by atoms with E-state index >= 15 is 0 Å². The number of hydrogen-bond donors (Lipinski definition) is 1. The van der Waals surface area contributed by atoms with E-state index in [4.69, 9.17) is 9.84 Å². The van der Waals surface area contributed by atoms with Crippen LogP contribution >= 0.6 is 11.3 Å². The molecular formula is C18H16O3S. The van der Waals surface area contributed by atoms with Crippen molar-refractivity contribution in [1.82, 2.24) is 0 Å². The Bertz CT molecular complexity index is 777. The van der Waals surface area contributed by atoms with Gasteiger partial charge in [0.1, 0.15) is 10.6 Å². The van der Waals surface area contributed by atoms with Gasteiger partial charge in [-0.25, -0.2) is 4.79 Å². The van der Waals surface area contributed by atoms with Crippen LogP contribution in [0.25, 0.3) is 10.1 Å². The smallest absolute Gasteiger partial charge is 0.345 e. The zero-order valence-electron chi connectivity index (χ0n) is 12.0. The number of aromatic carboxylic acids is 1. The van der Waals surface area contributed by atoms with Gasteiger partial charge in [0.2, 0.25) is 0 Å². The first kappa shape index (κ1) is 14.6. The van der Waals surface area contributed by atoms with Gasteiger partial charge in [-0.2, -0.15) is 0 Å². The average Bonchev–Trinajstić information content (AvgIpc) is 2.96. The van der Waals surface area contributed by atoms with Crippen LogP contribution in [0.2, 0.25) is 0 Å². The first-order valence-corrected chi connectivity index (χ1v) is 7.97. The molecular weight excluding hydrogens is 296 g/mol. The van der Waals surface area contributed by atoms with Crippen molar-refractivity contribution in [3.63, 3.8) is 0 Å². The summed E-state index contributed by atoms with van der Waals surface area (Å²) >= 11 is 1.32. The third-order valence-electron chi connectivity index (χ3n) is 3.41. The molecule has 3 rings (SSSR count). The Morgan fingerprint density at radius 3 is 2.68 bits per heavy atom. The van der Waals surface area contributed by atoms with Gasteiger partial charge in [-0.3, -0.25) is 0 Å². The summed E-state index contributed by atoms with van der Waals surface area (Å²) < 4.78 is 6.69. The fourth-order valence-corrected chi connectivity index (χ4v) is 3.22. The summed E-state index contributed by atoms with van der Waals surface area (Å²) in [7, 11) is 0. The molecule has 0 atom stereocenters. The van der Waals surface area contributed by atoms with Crippen molar-refractivity contribution in [3.8, 4) is 5.75 Å². The predicted molar refractivity (Wildman–Crippen MR) is 89.0 cm³/mol. The molecule has 3 aromatic rings. The van der Waals surface area contributed by atoms with E-state index in [9.17, 15) is 4.79 Å². The molecule has 2 aromatic carbocycles.